The van der Waals surface area contributed by atoms with Gasteiger partial charge in [-0.05, 0) is 84.4 Å². The average molecular weight is 570 g/mol. The van der Waals surface area contributed by atoms with E-state index in [9.17, 15) is 39.5 Å². The average Bonchev–Trinajstić information content (AvgIpc) is 2.86. The molecule has 1 unspecified atom stereocenters. The van der Waals surface area contributed by atoms with Crippen LogP contribution in [0.4, 0.5) is 39.5 Å². The van der Waals surface area contributed by atoms with Gasteiger partial charge in [0.05, 0.1) is 0 Å². The van der Waals surface area contributed by atoms with Gasteiger partial charge >= 0.3 is 6.11 Å². The molecule has 40 heavy (non-hydrogen) atoms. The van der Waals surface area contributed by atoms with Gasteiger partial charge in [0.1, 0.15) is 34.6 Å². The van der Waals surface area contributed by atoms with Gasteiger partial charge in [-0.1, -0.05) is 25.8 Å². The zero-order valence-electron chi connectivity index (χ0n) is 21.3. The summed E-state index contributed by atoms with van der Waals surface area (Å²) in [6.45, 7) is 3.83. The lowest BCUT2D eigenvalue weighted by Crippen LogP contribution is -2.25. The summed E-state index contributed by atoms with van der Waals surface area (Å²) in [5.74, 6) is -11.3. The number of halogens is 9. The molecule has 0 radical (unpaired) electrons. The fourth-order valence-electron chi connectivity index (χ4n) is 4.61. The highest BCUT2D eigenvalue weighted by atomic mass is 19.3. The SMILES string of the molecule is CCCCC1=CC(F)=C(c2cc(F)c(C(F)(F)Oc3ccc(-c4cc(F)c(F)c(F)c4)c(F)c3)c(F)c2)CC1C. The zero-order valence-corrected chi connectivity index (χ0v) is 21.3. The summed E-state index contributed by atoms with van der Waals surface area (Å²) < 4.78 is 134. The molecule has 1 atom stereocenters. The van der Waals surface area contributed by atoms with Gasteiger partial charge in [-0.3, -0.25) is 0 Å². The van der Waals surface area contributed by atoms with Crippen LogP contribution < -0.4 is 4.74 Å². The van der Waals surface area contributed by atoms with Crippen molar-refractivity contribution in [2.75, 3.05) is 0 Å². The van der Waals surface area contributed by atoms with Crippen LogP contribution in [0, 0.1) is 40.8 Å². The Kier molecular flexibility index (Phi) is 8.37. The molecule has 0 aromatic heterocycles. The smallest absolute Gasteiger partial charge is 0.429 e. The van der Waals surface area contributed by atoms with Crippen molar-refractivity contribution in [2.45, 2.75) is 45.6 Å². The monoisotopic (exact) mass is 570 g/mol. The number of hydrogen-bond acceptors (Lipinski definition) is 1. The van der Waals surface area contributed by atoms with Crippen molar-refractivity contribution in [3.8, 4) is 16.9 Å². The van der Waals surface area contributed by atoms with Crippen LogP contribution in [0.2, 0.25) is 0 Å². The van der Waals surface area contributed by atoms with E-state index in [0.717, 1.165) is 30.5 Å². The van der Waals surface area contributed by atoms with E-state index in [0.29, 0.717) is 36.8 Å². The van der Waals surface area contributed by atoms with Crippen LogP contribution in [0.15, 0.2) is 59.9 Å². The molecule has 0 spiro atoms. The van der Waals surface area contributed by atoms with Crippen molar-refractivity contribution >= 4 is 5.57 Å². The van der Waals surface area contributed by atoms with Crippen LogP contribution in [-0.2, 0) is 6.11 Å². The molecule has 1 aliphatic carbocycles. The van der Waals surface area contributed by atoms with E-state index in [2.05, 4.69) is 4.74 Å². The molecule has 0 saturated carbocycles. The first-order chi connectivity index (χ1) is 18.8. The first-order valence-electron chi connectivity index (χ1n) is 12.4. The van der Waals surface area contributed by atoms with Crippen molar-refractivity contribution in [2.24, 2.45) is 5.92 Å². The minimum absolute atomic E-state index is 0.0207. The zero-order chi connectivity index (χ0) is 29.4. The van der Waals surface area contributed by atoms with Crippen LogP contribution in [0.3, 0.4) is 0 Å². The lowest BCUT2D eigenvalue weighted by Gasteiger charge is -2.24. The van der Waals surface area contributed by atoms with Crippen molar-refractivity contribution in [1.29, 1.82) is 0 Å². The second-order valence-electron chi connectivity index (χ2n) is 9.58. The summed E-state index contributed by atoms with van der Waals surface area (Å²) in [7, 11) is 0. The molecule has 3 aromatic carbocycles. The number of hydrogen-bond donors (Lipinski definition) is 0. The highest BCUT2D eigenvalue weighted by Crippen LogP contribution is 2.41. The Morgan fingerprint density at radius 1 is 0.800 bits per heavy atom. The maximum Gasteiger partial charge on any atom is 0.432 e. The van der Waals surface area contributed by atoms with Gasteiger partial charge in [0.25, 0.3) is 0 Å². The molecule has 0 aliphatic heterocycles. The number of ether oxygens (including phenoxy) is 1. The molecule has 0 bridgehead atoms. The highest BCUT2D eigenvalue weighted by molar-refractivity contribution is 5.72. The predicted molar refractivity (Wildman–Crippen MR) is 132 cm³/mol. The maximum atomic E-state index is 14.9. The molecular weight excluding hydrogens is 547 g/mol. The first-order valence-corrected chi connectivity index (χ1v) is 12.4. The van der Waals surface area contributed by atoms with Crippen molar-refractivity contribution in [3.05, 3.63) is 106 Å². The lowest BCUT2D eigenvalue weighted by atomic mass is 9.83. The standard InChI is InChI=1S/C30H23F9O/c1-3-4-5-16-9-22(31)21(8-15(16)2)18-10-24(33)28(25(34)11-18)30(38,39)40-19-6-7-20(23(32)14-19)17-12-26(35)29(37)27(36)13-17/h6-7,9-15H,3-5,8H2,1-2H3. The third-order valence-corrected chi connectivity index (χ3v) is 6.73. The fraction of sp³-hybridized carbons (Fsp3) is 0.267. The Morgan fingerprint density at radius 3 is 1.98 bits per heavy atom. The van der Waals surface area contributed by atoms with Crippen molar-refractivity contribution < 1.29 is 44.3 Å². The lowest BCUT2D eigenvalue weighted by molar-refractivity contribution is -0.189. The quantitative estimate of drug-likeness (QED) is 0.193. The summed E-state index contributed by atoms with van der Waals surface area (Å²) in [6.07, 6.45) is -0.770. The number of alkyl halides is 2. The van der Waals surface area contributed by atoms with Crippen LogP contribution >= 0.6 is 0 Å². The Balaban J connectivity index is 1.61. The van der Waals surface area contributed by atoms with E-state index in [1.165, 1.54) is 6.08 Å². The normalized spacial score (nSPS) is 15.9. The molecule has 1 aliphatic rings. The van der Waals surface area contributed by atoms with Crippen molar-refractivity contribution in [1.82, 2.24) is 0 Å². The summed E-state index contributed by atoms with van der Waals surface area (Å²) >= 11 is 0. The summed E-state index contributed by atoms with van der Waals surface area (Å²) in [4.78, 5) is 0. The minimum Gasteiger partial charge on any atom is -0.429 e. The fourth-order valence-corrected chi connectivity index (χ4v) is 4.61. The summed E-state index contributed by atoms with van der Waals surface area (Å²) in [5.41, 5.74) is -2.07. The molecule has 1 nitrogen and oxygen atoms in total. The summed E-state index contributed by atoms with van der Waals surface area (Å²) in [5, 5.41) is 0. The van der Waals surface area contributed by atoms with Gasteiger partial charge in [0.2, 0.25) is 0 Å². The molecule has 0 fully saturated rings. The first kappa shape index (κ1) is 29.3. The Bertz CT molecular complexity index is 1460. The van der Waals surface area contributed by atoms with Gasteiger partial charge in [-0.2, -0.15) is 8.78 Å². The maximum absolute atomic E-state index is 14.9. The molecule has 10 heteroatoms. The number of unbranched alkanes of at least 4 members (excludes halogenated alkanes) is 1. The second-order valence-corrected chi connectivity index (χ2v) is 9.58. The van der Waals surface area contributed by atoms with Crippen LogP contribution in [0.25, 0.3) is 16.7 Å². The summed E-state index contributed by atoms with van der Waals surface area (Å²) in [6, 6.07) is 4.20. The molecule has 0 heterocycles. The molecule has 0 saturated heterocycles. The topological polar surface area (TPSA) is 9.23 Å². The van der Waals surface area contributed by atoms with E-state index in [-0.39, 0.29) is 23.5 Å². The molecular formula is C30H23F9O. The van der Waals surface area contributed by atoms with E-state index in [4.69, 9.17) is 0 Å². The number of allylic oxidation sites excluding steroid dienone is 4. The van der Waals surface area contributed by atoms with Gasteiger partial charge in [0.15, 0.2) is 17.5 Å². The third-order valence-electron chi connectivity index (χ3n) is 6.73. The predicted octanol–water partition coefficient (Wildman–Crippen LogP) is 10.2. The van der Waals surface area contributed by atoms with E-state index < -0.39 is 69.3 Å². The van der Waals surface area contributed by atoms with Crippen LogP contribution in [-0.4, -0.2) is 0 Å². The van der Waals surface area contributed by atoms with Crippen LogP contribution in [0.5, 0.6) is 5.75 Å². The molecule has 0 amide bonds. The van der Waals surface area contributed by atoms with Gasteiger partial charge < -0.3 is 4.74 Å². The number of rotatable bonds is 8. The Hall–Kier alpha value is -3.69. The molecule has 212 valence electrons. The van der Waals surface area contributed by atoms with Gasteiger partial charge in [0, 0.05) is 11.6 Å². The number of benzene rings is 3. The van der Waals surface area contributed by atoms with Crippen molar-refractivity contribution in [3.63, 3.8) is 0 Å². The Morgan fingerprint density at radius 2 is 1.40 bits per heavy atom. The molecule has 3 aromatic rings. The minimum atomic E-state index is -4.63. The van der Waals surface area contributed by atoms with E-state index in [1.54, 1.807) is 0 Å². The molecule has 0 N–H and O–H groups in total. The van der Waals surface area contributed by atoms with E-state index in [1.807, 2.05) is 13.8 Å². The Labute approximate surface area is 224 Å². The van der Waals surface area contributed by atoms with Gasteiger partial charge in [-0.15, -0.1) is 0 Å². The van der Waals surface area contributed by atoms with E-state index >= 15 is 0 Å². The largest absolute Gasteiger partial charge is 0.432 e. The second kappa shape index (κ2) is 11.4. The molecule has 4 rings (SSSR count). The van der Waals surface area contributed by atoms with Gasteiger partial charge in [-0.25, -0.2) is 30.7 Å². The highest BCUT2D eigenvalue weighted by Gasteiger charge is 2.41. The third kappa shape index (κ3) is 5.90. The van der Waals surface area contributed by atoms with Crippen LogP contribution in [0.1, 0.15) is 50.7 Å².